The van der Waals surface area contributed by atoms with E-state index in [1.165, 1.54) is 28.8 Å². The highest BCUT2D eigenvalue weighted by Crippen LogP contribution is 2.37. The zero-order chi connectivity index (χ0) is 22.3. The highest BCUT2D eigenvalue weighted by atomic mass is 32.2. The lowest BCUT2D eigenvalue weighted by atomic mass is 10.1. The molecule has 0 radical (unpaired) electrons. The summed E-state index contributed by atoms with van der Waals surface area (Å²) in [6.07, 6.45) is 1.63. The second-order valence-electron chi connectivity index (χ2n) is 6.90. The second kappa shape index (κ2) is 7.69. The van der Waals surface area contributed by atoms with E-state index in [9.17, 15) is 23.1 Å². The molecule has 0 aliphatic heterocycles. The maximum absolute atomic E-state index is 13.1. The van der Waals surface area contributed by atoms with E-state index in [2.05, 4.69) is 4.98 Å². The molecule has 0 fully saturated rings. The predicted octanol–water partition coefficient (Wildman–Crippen LogP) is 4.44. The van der Waals surface area contributed by atoms with E-state index in [-0.39, 0.29) is 34.8 Å². The van der Waals surface area contributed by atoms with Crippen molar-refractivity contribution in [3.05, 3.63) is 76.5 Å². The zero-order valence-corrected chi connectivity index (χ0v) is 17.0. The van der Waals surface area contributed by atoms with Crippen LogP contribution < -0.4 is 11.4 Å². The molecule has 160 valence electrons. The van der Waals surface area contributed by atoms with Gasteiger partial charge in [-0.3, -0.25) is 9.55 Å². The van der Waals surface area contributed by atoms with Crippen molar-refractivity contribution in [2.45, 2.75) is 23.9 Å². The van der Waals surface area contributed by atoms with Crippen molar-refractivity contribution >= 4 is 28.4 Å². The first-order chi connectivity index (χ1) is 14.6. The maximum atomic E-state index is 13.1. The van der Waals surface area contributed by atoms with Crippen LogP contribution in [0.5, 0.6) is 5.88 Å². The number of hydrogen-bond acceptors (Lipinski definition) is 5. The number of fused-ring (bicyclic) bond motifs is 1. The van der Waals surface area contributed by atoms with Crippen LogP contribution in [0.15, 0.2) is 64.4 Å². The highest BCUT2D eigenvalue weighted by molar-refractivity contribution is 8.00. The minimum atomic E-state index is -4.41. The summed E-state index contributed by atoms with van der Waals surface area (Å²) in [6, 6.07) is 12.3. The fourth-order valence-electron chi connectivity index (χ4n) is 3.38. The number of aromatic hydroxyl groups is 1. The van der Waals surface area contributed by atoms with Crippen LogP contribution in [0.4, 0.5) is 18.9 Å². The smallest absolute Gasteiger partial charge is 0.446 e. The third-order valence-electron chi connectivity index (χ3n) is 4.88. The second-order valence-corrected chi connectivity index (χ2v) is 8.04. The van der Waals surface area contributed by atoms with Gasteiger partial charge in [-0.2, -0.15) is 13.2 Å². The van der Waals surface area contributed by atoms with Gasteiger partial charge in [0.25, 0.3) is 0 Å². The van der Waals surface area contributed by atoms with Gasteiger partial charge >= 0.3 is 11.2 Å². The average Bonchev–Trinajstić information content (AvgIpc) is 2.91. The van der Waals surface area contributed by atoms with Gasteiger partial charge in [0.2, 0.25) is 5.88 Å². The molecule has 4 aromatic rings. The molecule has 0 bridgehead atoms. The summed E-state index contributed by atoms with van der Waals surface area (Å²) in [5.74, 6) is -0.279. The van der Waals surface area contributed by atoms with Gasteiger partial charge in [-0.05, 0) is 72.8 Å². The number of benzene rings is 2. The monoisotopic (exact) mass is 446 g/mol. The van der Waals surface area contributed by atoms with Gasteiger partial charge in [-0.15, -0.1) is 0 Å². The largest absolute Gasteiger partial charge is 0.493 e. The fourth-order valence-corrected chi connectivity index (χ4v) is 3.92. The molecular weight excluding hydrogens is 429 g/mol. The van der Waals surface area contributed by atoms with E-state index < -0.39 is 11.2 Å². The van der Waals surface area contributed by atoms with Gasteiger partial charge in [-0.1, -0.05) is 0 Å². The molecule has 0 aliphatic rings. The Bertz CT molecular complexity index is 1330. The Kier molecular flexibility index (Phi) is 5.18. The molecule has 31 heavy (non-hydrogen) atoms. The van der Waals surface area contributed by atoms with E-state index >= 15 is 0 Å². The number of alkyl halides is 3. The summed E-state index contributed by atoms with van der Waals surface area (Å²) in [6.45, 7) is 1.76. The number of thioether (sulfide) groups is 1. The lowest BCUT2D eigenvalue weighted by molar-refractivity contribution is -0.0328. The molecule has 3 N–H and O–H groups in total. The van der Waals surface area contributed by atoms with Crippen molar-refractivity contribution in [1.82, 2.24) is 14.1 Å². The van der Waals surface area contributed by atoms with Gasteiger partial charge in [-0.25, -0.2) is 9.36 Å². The van der Waals surface area contributed by atoms with Crippen LogP contribution in [0.1, 0.15) is 11.3 Å². The molecular formula is C21H17F3N4O2S. The molecule has 10 heteroatoms. The van der Waals surface area contributed by atoms with Crippen LogP contribution in [-0.4, -0.2) is 24.7 Å². The van der Waals surface area contributed by atoms with Crippen LogP contribution in [0.3, 0.4) is 0 Å². The van der Waals surface area contributed by atoms with Crippen molar-refractivity contribution in [3.63, 3.8) is 0 Å². The van der Waals surface area contributed by atoms with E-state index in [1.807, 2.05) is 0 Å². The van der Waals surface area contributed by atoms with Crippen LogP contribution >= 0.6 is 11.8 Å². The van der Waals surface area contributed by atoms with Gasteiger partial charge < -0.3 is 10.8 Å². The van der Waals surface area contributed by atoms with Crippen LogP contribution in [0.25, 0.3) is 16.6 Å². The van der Waals surface area contributed by atoms with Crippen LogP contribution in [-0.2, 0) is 6.54 Å². The number of halogens is 3. The molecule has 0 aliphatic carbocycles. The fraction of sp³-hybridized carbons (Fsp3) is 0.143. The van der Waals surface area contributed by atoms with Crippen molar-refractivity contribution in [2.24, 2.45) is 0 Å². The van der Waals surface area contributed by atoms with E-state index in [1.54, 1.807) is 37.4 Å². The quantitative estimate of drug-likeness (QED) is 0.358. The first kappa shape index (κ1) is 20.9. The summed E-state index contributed by atoms with van der Waals surface area (Å²) < 4.78 is 40.1. The lowest BCUT2D eigenvalue weighted by Crippen LogP contribution is -2.24. The number of nitrogen functional groups attached to an aromatic ring is 1. The minimum Gasteiger partial charge on any atom is -0.493 e. The zero-order valence-electron chi connectivity index (χ0n) is 16.2. The standard InChI is InChI=1S/C21H17F3N4O2S/c1-12-19(29)28(15-3-5-16(6-4-15)31-21(22,23)24)20(30)27(12)11-13-8-9-26-18-7-2-14(25)10-17(13)18/h2-10,29H,11,25H2,1H3. The lowest BCUT2D eigenvalue weighted by Gasteiger charge is -2.08. The summed E-state index contributed by atoms with van der Waals surface area (Å²) in [5, 5.41) is 11.4. The molecule has 0 atom stereocenters. The Morgan fingerprint density at radius 3 is 2.52 bits per heavy atom. The Morgan fingerprint density at radius 1 is 1.13 bits per heavy atom. The number of aromatic nitrogens is 3. The maximum Gasteiger partial charge on any atom is 0.446 e. The molecule has 0 unspecified atom stereocenters. The number of imidazole rings is 1. The first-order valence-electron chi connectivity index (χ1n) is 9.14. The van der Waals surface area contributed by atoms with E-state index in [0.29, 0.717) is 11.4 Å². The van der Waals surface area contributed by atoms with Gasteiger partial charge in [0.05, 0.1) is 23.4 Å². The summed E-state index contributed by atoms with van der Waals surface area (Å²) in [7, 11) is 0. The van der Waals surface area contributed by atoms with Crippen molar-refractivity contribution in [1.29, 1.82) is 0 Å². The molecule has 0 amide bonds. The molecule has 0 saturated carbocycles. The minimum absolute atomic E-state index is 0.0132. The number of rotatable bonds is 4. The average molecular weight is 446 g/mol. The number of anilines is 1. The third kappa shape index (κ3) is 4.11. The third-order valence-corrected chi connectivity index (χ3v) is 5.61. The Morgan fingerprint density at radius 2 is 1.84 bits per heavy atom. The van der Waals surface area contributed by atoms with E-state index in [0.717, 1.165) is 21.0 Å². The molecule has 2 heterocycles. The Labute approximate surface area is 178 Å². The molecule has 2 aromatic carbocycles. The normalized spacial score (nSPS) is 11.9. The number of hydrogen-bond donors (Lipinski definition) is 2. The Balaban J connectivity index is 1.74. The number of pyridine rings is 1. The SMILES string of the molecule is Cc1c(O)n(-c2ccc(SC(F)(F)F)cc2)c(=O)n1Cc1ccnc2ccc(N)cc12. The summed E-state index contributed by atoms with van der Waals surface area (Å²) in [5.41, 5.74) is 3.63. The predicted molar refractivity (Wildman–Crippen MR) is 114 cm³/mol. The van der Waals surface area contributed by atoms with Gasteiger partial charge in [0.1, 0.15) is 0 Å². The van der Waals surface area contributed by atoms with Gasteiger partial charge in [0, 0.05) is 22.2 Å². The number of nitrogens with two attached hydrogens (primary N) is 1. The van der Waals surface area contributed by atoms with Crippen molar-refractivity contribution in [2.75, 3.05) is 5.73 Å². The summed E-state index contributed by atoms with van der Waals surface area (Å²) >= 11 is -0.246. The topological polar surface area (TPSA) is 86.1 Å². The van der Waals surface area contributed by atoms with Crippen molar-refractivity contribution < 1.29 is 18.3 Å². The molecule has 6 nitrogen and oxygen atoms in total. The van der Waals surface area contributed by atoms with E-state index in [4.69, 9.17) is 5.73 Å². The Hall–Kier alpha value is -3.40. The highest BCUT2D eigenvalue weighted by Gasteiger charge is 2.29. The first-order valence-corrected chi connectivity index (χ1v) is 9.96. The molecule has 4 rings (SSSR count). The van der Waals surface area contributed by atoms with Crippen LogP contribution in [0, 0.1) is 6.92 Å². The molecule has 2 aromatic heterocycles. The summed E-state index contributed by atoms with van der Waals surface area (Å²) in [4.78, 5) is 17.4. The van der Waals surface area contributed by atoms with Crippen molar-refractivity contribution in [3.8, 4) is 11.6 Å². The number of nitrogens with zero attached hydrogens (tertiary/aromatic N) is 3. The van der Waals surface area contributed by atoms with Crippen LogP contribution in [0.2, 0.25) is 0 Å². The molecule has 0 spiro atoms. The molecule has 0 saturated heterocycles. The van der Waals surface area contributed by atoms with Gasteiger partial charge in [0.15, 0.2) is 0 Å².